The third-order valence-corrected chi connectivity index (χ3v) is 2.81. The van der Waals surface area contributed by atoms with E-state index < -0.39 is 0 Å². The van der Waals surface area contributed by atoms with Gasteiger partial charge in [0.05, 0.1) is 0 Å². The van der Waals surface area contributed by atoms with Crippen LogP contribution in [0.5, 0.6) is 0 Å². The Balaban J connectivity index is 2.60. The van der Waals surface area contributed by atoms with E-state index in [2.05, 4.69) is 24.0 Å². The quantitative estimate of drug-likeness (QED) is 0.732. The van der Waals surface area contributed by atoms with Crippen molar-refractivity contribution in [1.29, 1.82) is 0 Å². The molecule has 1 heterocycles. The molecule has 0 aliphatic carbocycles. The lowest BCUT2D eigenvalue weighted by Gasteiger charge is -2.02. The zero-order chi connectivity index (χ0) is 8.27. The summed E-state index contributed by atoms with van der Waals surface area (Å²) in [4.78, 5) is 0. The first-order chi connectivity index (χ1) is 5.24. The molecule has 1 aromatic heterocycles. The number of aromatic nitrogens is 2. The maximum Gasteiger partial charge on any atom is 0.207 e. The highest BCUT2D eigenvalue weighted by Gasteiger charge is 2.09. The molecule has 1 atom stereocenters. The zero-order valence-corrected chi connectivity index (χ0v) is 8.24. The first-order valence-electron chi connectivity index (χ1n) is 3.73. The van der Waals surface area contributed by atoms with Gasteiger partial charge in [0.25, 0.3) is 0 Å². The summed E-state index contributed by atoms with van der Waals surface area (Å²) in [7, 11) is 0. The van der Waals surface area contributed by atoms with Crippen LogP contribution in [0.1, 0.15) is 37.6 Å². The number of halogens is 1. The minimum atomic E-state index is 0.505. The molecule has 0 fully saturated rings. The van der Waals surface area contributed by atoms with E-state index in [1.165, 1.54) is 17.8 Å². The van der Waals surface area contributed by atoms with Gasteiger partial charge in [-0.05, 0) is 18.0 Å². The maximum atomic E-state index is 5.65. The van der Waals surface area contributed by atoms with Gasteiger partial charge in [-0.25, -0.2) is 0 Å². The Labute approximate surface area is 75.6 Å². The number of hydrogen-bond acceptors (Lipinski definition) is 3. The topological polar surface area (TPSA) is 25.8 Å². The third kappa shape index (κ3) is 2.42. The van der Waals surface area contributed by atoms with E-state index in [9.17, 15) is 0 Å². The number of rotatable bonds is 3. The molecular formula is C7H11ClN2S. The molecule has 0 aliphatic heterocycles. The molecule has 1 rings (SSSR count). The SMILES string of the molecule is CCCC(C)c1nnc(Cl)s1. The van der Waals surface area contributed by atoms with Gasteiger partial charge < -0.3 is 0 Å². The van der Waals surface area contributed by atoms with Crippen molar-refractivity contribution in [1.82, 2.24) is 10.2 Å². The molecule has 1 aromatic rings. The van der Waals surface area contributed by atoms with Crippen molar-refractivity contribution in [3.8, 4) is 0 Å². The molecule has 0 aliphatic rings. The smallest absolute Gasteiger partial charge is 0.142 e. The van der Waals surface area contributed by atoms with Crippen molar-refractivity contribution < 1.29 is 0 Å². The summed E-state index contributed by atoms with van der Waals surface area (Å²) in [6.45, 7) is 4.32. The summed E-state index contributed by atoms with van der Waals surface area (Å²) in [6, 6.07) is 0. The first-order valence-corrected chi connectivity index (χ1v) is 4.92. The lowest BCUT2D eigenvalue weighted by molar-refractivity contribution is 0.653. The van der Waals surface area contributed by atoms with Crippen LogP contribution in [0, 0.1) is 0 Å². The van der Waals surface area contributed by atoms with Crippen LogP contribution in [0.4, 0.5) is 0 Å². The monoisotopic (exact) mass is 190 g/mol. The van der Waals surface area contributed by atoms with Gasteiger partial charge in [0, 0.05) is 5.92 Å². The average Bonchev–Trinajstić information content (AvgIpc) is 2.36. The molecule has 0 aromatic carbocycles. The second-order valence-corrected chi connectivity index (χ2v) is 4.17. The van der Waals surface area contributed by atoms with Crippen molar-refractivity contribution in [2.75, 3.05) is 0 Å². The summed E-state index contributed by atoms with van der Waals surface area (Å²) >= 11 is 7.13. The fraction of sp³-hybridized carbons (Fsp3) is 0.714. The molecule has 0 saturated heterocycles. The van der Waals surface area contributed by atoms with Crippen molar-refractivity contribution >= 4 is 22.9 Å². The van der Waals surface area contributed by atoms with Crippen LogP contribution >= 0.6 is 22.9 Å². The summed E-state index contributed by atoms with van der Waals surface area (Å²) in [5.41, 5.74) is 0. The normalized spacial score (nSPS) is 13.4. The largest absolute Gasteiger partial charge is 0.207 e. The van der Waals surface area contributed by atoms with Crippen LogP contribution in [0.15, 0.2) is 0 Å². The second kappa shape index (κ2) is 4.02. The van der Waals surface area contributed by atoms with Crippen LogP contribution in [-0.4, -0.2) is 10.2 Å². The molecule has 62 valence electrons. The van der Waals surface area contributed by atoms with Gasteiger partial charge in [-0.1, -0.05) is 31.6 Å². The highest BCUT2D eigenvalue weighted by atomic mass is 35.5. The van der Waals surface area contributed by atoms with E-state index in [-0.39, 0.29) is 0 Å². The van der Waals surface area contributed by atoms with Crippen molar-refractivity contribution in [2.45, 2.75) is 32.6 Å². The van der Waals surface area contributed by atoms with E-state index in [4.69, 9.17) is 11.6 Å². The van der Waals surface area contributed by atoms with Gasteiger partial charge in [0.2, 0.25) is 4.47 Å². The Morgan fingerprint density at radius 1 is 1.55 bits per heavy atom. The van der Waals surface area contributed by atoms with Gasteiger partial charge in [-0.2, -0.15) is 0 Å². The molecule has 0 saturated carbocycles. The molecule has 0 bridgehead atoms. The van der Waals surface area contributed by atoms with Crippen molar-refractivity contribution in [3.63, 3.8) is 0 Å². The summed E-state index contributed by atoms with van der Waals surface area (Å²) in [5.74, 6) is 0.505. The molecule has 0 N–H and O–H groups in total. The molecule has 1 unspecified atom stereocenters. The van der Waals surface area contributed by atoms with E-state index in [1.54, 1.807) is 0 Å². The van der Waals surface area contributed by atoms with Crippen LogP contribution in [0.25, 0.3) is 0 Å². The predicted octanol–water partition coefficient (Wildman–Crippen LogP) is 3.10. The Morgan fingerprint density at radius 3 is 2.73 bits per heavy atom. The van der Waals surface area contributed by atoms with Crippen molar-refractivity contribution in [2.24, 2.45) is 0 Å². The fourth-order valence-electron chi connectivity index (χ4n) is 0.971. The number of nitrogens with zero attached hydrogens (tertiary/aromatic N) is 2. The van der Waals surface area contributed by atoms with E-state index in [0.717, 1.165) is 11.4 Å². The van der Waals surface area contributed by atoms with Crippen LogP contribution < -0.4 is 0 Å². The summed E-state index contributed by atoms with van der Waals surface area (Å²) < 4.78 is 0.544. The second-order valence-electron chi connectivity index (χ2n) is 2.58. The molecule has 0 radical (unpaired) electrons. The average molecular weight is 191 g/mol. The maximum absolute atomic E-state index is 5.65. The minimum Gasteiger partial charge on any atom is -0.142 e. The van der Waals surface area contributed by atoms with Gasteiger partial charge in [-0.3, -0.25) is 0 Å². The standard InChI is InChI=1S/C7H11ClN2S/c1-3-4-5(2)6-9-10-7(8)11-6/h5H,3-4H2,1-2H3. The molecule has 4 heteroatoms. The van der Waals surface area contributed by atoms with Gasteiger partial charge in [-0.15, -0.1) is 10.2 Å². The van der Waals surface area contributed by atoms with E-state index in [0.29, 0.717) is 10.4 Å². The van der Waals surface area contributed by atoms with Gasteiger partial charge >= 0.3 is 0 Å². The van der Waals surface area contributed by atoms with Crippen molar-refractivity contribution in [3.05, 3.63) is 9.47 Å². The summed E-state index contributed by atoms with van der Waals surface area (Å²) in [5, 5.41) is 8.78. The molecule has 0 amide bonds. The zero-order valence-electron chi connectivity index (χ0n) is 6.67. The fourth-order valence-corrected chi connectivity index (χ4v) is 1.90. The molecule has 0 spiro atoms. The minimum absolute atomic E-state index is 0.505. The van der Waals surface area contributed by atoms with Gasteiger partial charge in [0.1, 0.15) is 5.01 Å². The molecule has 11 heavy (non-hydrogen) atoms. The Bertz CT molecular complexity index is 224. The van der Waals surface area contributed by atoms with E-state index >= 15 is 0 Å². The van der Waals surface area contributed by atoms with Crippen LogP contribution in [-0.2, 0) is 0 Å². The predicted molar refractivity (Wildman–Crippen MR) is 48.2 cm³/mol. The lowest BCUT2D eigenvalue weighted by Crippen LogP contribution is -1.91. The number of hydrogen-bond donors (Lipinski definition) is 0. The Kier molecular flexibility index (Phi) is 3.27. The Hall–Kier alpha value is -0.150. The van der Waals surface area contributed by atoms with Crippen LogP contribution in [0.3, 0.4) is 0 Å². The summed E-state index contributed by atoms with van der Waals surface area (Å²) in [6.07, 6.45) is 2.34. The molecule has 2 nitrogen and oxygen atoms in total. The van der Waals surface area contributed by atoms with Gasteiger partial charge in [0.15, 0.2) is 0 Å². The highest BCUT2D eigenvalue weighted by molar-refractivity contribution is 7.15. The molecular weight excluding hydrogens is 180 g/mol. The highest BCUT2D eigenvalue weighted by Crippen LogP contribution is 2.25. The van der Waals surface area contributed by atoms with E-state index in [1.807, 2.05) is 0 Å². The van der Waals surface area contributed by atoms with Crippen LogP contribution in [0.2, 0.25) is 4.47 Å². The third-order valence-electron chi connectivity index (χ3n) is 1.56. The Morgan fingerprint density at radius 2 is 2.27 bits per heavy atom. The first kappa shape index (κ1) is 8.94. The lowest BCUT2D eigenvalue weighted by atomic mass is 10.1.